The summed E-state index contributed by atoms with van der Waals surface area (Å²) in [5, 5.41) is 12.1. The van der Waals surface area contributed by atoms with Gasteiger partial charge in [-0.1, -0.05) is 25.5 Å². The summed E-state index contributed by atoms with van der Waals surface area (Å²) in [6.45, 7) is 10.4. The Balaban J connectivity index is 0.00000338. The molecule has 142 valence electrons. The van der Waals surface area contributed by atoms with Crippen LogP contribution in [0.15, 0.2) is 30.0 Å². The van der Waals surface area contributed by atoms with E-state index in [1.165, 1.54) is 16.8 Å². The molecule has 1 N–H and O–H groups in total. The molecule has 5 nitrogen and oxygen atoms in total. The van der Waals surface area contributed by atoms with Crippen LogP contribution < -0.4 is 10.2 Å². The van der Waals surface area contributed by atoms with Gasteiger partial charge in [0.2, 0.25) is 0 Å². The molecule has 0 radical (unpaired) electrons. The zero-order chi connectivity index (χ0) is 18.2. The first-order valence-electron chi connectivity index (χ1n) is 9.02. The van der Waals surface area contributed by atoms with Gasteiger partial charge in [0.1, 0.15) is 11.6 Å². The van der Waals surface area contributed by atoms with E-state index in [-0.39, 0.29) is 23.9 Å². The number of nitriles is 1. The van der Waals surface area contributed by atoms with E-state index < -0.39 is 0 Å². The Bertz CT molecular complexity index is 673. The number of benzene rings is 1. The number of unbranched alkanes of at least 4 members (excludes halogenated alkanes) is 1. The minimum absolute atomic E-state index is 0. The fourth-order valence-corrected chi connectivity index (χ4v) is 2.96. The third kappa shape index (κ3) is 5.67. The van der Waals surface area contributed by atoms with Crippen molar-refractivity contribution < 1.29 is 4.79 Å². The standard InChI is InChI=1S/C20H28N4O.ClH/c1-4-5-9-22-20(25)18(14-21)15-23-10-12-24(13-11-23)19-8-6-7-16(2)17(19)3;/h6-8,15H,4-5,9-13H2,1-3H3,(H,22,25);1H/b18-15-;. The SMILES string of the molecule is CCCCNC(=O)/C(C#N)=C\N1CCN(c2cccc(C)c2C)CC1.Cl. The van der Waals surface area contributed by atoms with Crippen molar-refractivity contribution in [2.45, 2.75) is 33.6 Å². The fourth-order valence-electron chi connectivity index (χ4n) is 2.96. The second kappa shape index (κ2) is 10.7. The molecule has 0 aromatic heterocycles. The molecule has 6 heteroatoms. The van der Waals surface area contributed by atoms with Gasteiger partial charge in [-0.15, -0.1) is 12.4 Å². The van der Waals surface area contributed by atoms with Gasteiger partial charge in [0.15, 0.2) is 0 Å². The maximum atomic E-state index is 12.1. The lowest BCUT2D eigenvalue weighted by Gasteiger charge is -2.36. The Hall–Kier alpha value is -2.19. The topological polar surface area (TPSA) is 59.4 Å². The molecular formula is C20H29ClN4O. The number of amides is 1. The molecule has 1 aromatic carbocycles. The second-order valence-corrected chi connectivity index (χ2v) is 6.51. The van der Waals surface area contributed by atoms with E-state index in [1.807, 2.05) is 6.07 Å². The molecule has 1 aliphatic heterocycles. The van der Waals surface area contributed by atoms with Crippen molar-refractivity contribution in [2.24, 2.45) is 0 Å². The maximum Gasteiger partial charge on any atom is 0.263 e. The van der Waals surface area contributed by atoms with E-state index in [9.17, 15) is 10.1 Å². The van der Waals surface area contributed by atoms with E-state index >= 15 is 0 Å². The molecule has 0 unspecified atom stereocenters. The molecule has 2 rings (SSSR count). The van der Waals surface area contributed by atoms with Gasteiger partial charge in [-0.3, -0.25) is 4.79 Å². The monoisotopic (exact) mass is 376 g/mol. The van der Waals surface area contributed by atoms with Crippen LogP contribution in [0.2, 0.25) is 0 Å². The van der Waals surface area contributed by atoms with Crippen LogP contribution in [0.25, 0.3) is 0 Å². The van der Waals surface area contributed by atoms with Crippen molar-refractivity contribution in [1.82, 2.24) is 10.2 Å². The number of aryl methyl sites for hydroxylation is 1. The third-order valence-corrected chi connectivity index (χ3v) is 4.72. The average molecular weight is 377 g/mol. The quantitative estimate of drug-likeness (QED) is 0.470. The van der Waals surface area contributed by atoms with Crippen LogP contribution in [0.5, 0.6) is 0 Å². The summed E-state index contributed by atoms with van der Waals surface area (Å²) in [5.41, 5.74) is 4.09. The number of anilines is 1. The van der Waals surface area contributed by atoms with Crippen molar-refractivity contribution in [1.29, 1.82) is 5.26 Å². The molecule has 1 amide bonds. The van der Waals surface area contributed by atoms with Gasteiger partial charge in [0.05, 0.1) is 0 Å². The van der Waals surface area contributed by atoms with Crippen molar-refractivity contribution in [3.63, 3.8) is 0 Å². The van der Waals surface area contributed by atoms with Gasteiger partial charge in [-0.25, -0.2) is 0 Å². The molecule has 1 aromatic rings. The van der Waals surface area contributed by atoms with E-state index in [0.717, 1.165) is 39.0 Å². The lowest BCUT2D eigenvalue weighted by atomic mass is 10.1. The summed E-state index contributed by atoms with van der Waals surface area (Å²) in [7, 11) is 0. The number of piperazine rings is 1. The summed E-state index contributed by atoms with van der Waals surface area (Å²) >= 11 is 0. The fraction of sp³-hybridized carbons (Fsp3) is 0.500. The zero-order valence-electron chi connectivity index (χ0n) is 15.9. The van der Waals surface area contributed by atoms with Crippen molar-refractivity contribution in [2.75, 3.05) is 37.6 Å². The van der Waals surface area contributed by atoms with Crippen LogP contribution in [0.4, 0.5) is 5.69 Å². The predicted octanol–water partition coefficient (Wildman–Crippen LogP) is 3.17. The lowest BCUT2D eigenvalue weighted by molar-refractivity contribution is -0.117. The Morgan fingerprint density at radius 3 is 2.58 bits per heavy atom. The average Bonchev–Trinajstić information content (AvgIpc) is 2.62. The minimum Gasteiger partial charge on any atom is -0.373 e. The lowest BCUT2D eigenvalue weighted by Crippen LogP contribution is -2.44. The maximum absolute atomic E-state index is 12.1. The molecule has 0 atom stereocenters. The van der Waals surface area contributed by atoms with E-state index in [1.54, 1.807) is 6.20 Å². The molecule has 0 bridgehead atoms. The van der Waals surface area contributed by atoms with Crippen LogP contribution >= 0.6 is 12.4 Å². The molecular weight excluding hydrogens is 348 g/mol. The molecule has 1 fully saturated rings. The highest BCUT2D eigenvalue weighted by Crippen LogP contribution is 2.24. The number of carbonyl (C=O) groups excluding carboxylic acids is 1. The first-order chi connectivity index (χ1) is 12.1. The van der Waals surface area contributed by atoms with Gasteiger partial charge in [0, 0.05) is 44.6 Å². The number of nitrogens with zero attached hydrogens (tertiary/aromatic N) is 3. The van der Waals surface area contributed by atoms with Gasteiger partial charge in [-0.2, -0.15) is 5.26 Å². The number of carbonyl (C=O) groups is 1. The van der Waals surface area contributed by atoms with Gasteiger partial charge >= 0.3 is 0 Å². The second-order valence-electron chi connectivity index (χ2n) is 6.51. The zero-order valence-corrected chi connectivity index (χ0v) is 16.7. The molecule has 0 spiro atoms. The Morgan fingerprint density at radius 2 is 1.96 bits per heavy atom. The molecule has 1 heterocycles. The summed E-state index contributed by atoms with van der Waals surface area (Å²) in [5.74, 6) is -0.270. The molecule has 26 heavy (non-hydrogen) atoms. The van der Waals surface area contributed by atoms with Gasteiger partial charge in [-0.05, 0) is 37.5 Å². The van der Waals surface area contributed by atoms with Crippen LogP contribution in [-0.2, 0) is 4.79 Å². The minimum atomic E-state index is -0.270. The number of rotatable bonds is 6. The van der Waals surface area contributed by atoms with Gasteiger partial charge < -0.3 is 15.1 Å². The number of halogens is 1. The number of hydrogen-bond donors (Lipinski definition) is 1. The van der Waals surface area contributed by atoms with E-state index in [4.69, 9.17) is 0 Å². The highest BCUT2D eigenvalue weighted by molar-refractivity contribution is 5.97. The highest BCUT2D eigenvalue weighted by Gasteiger charge is 2.18. The highest BCUT2D eigenvalue weighted by atomic mass is 35.5. The number of hydrogen-bond acceptors (Lipinski definition) is 4. The van der Waals surface area contributed by atoms with Crippen LogP contribution in [-0.4, -0.2) is 43.5 Å². The molecule has 0 aliphatic carbocycles. The Labute approximate surface area is 163 Å². The summed E-state index contributed by atoms with van der Waals surface area (Å²) in [6.07, 6.45) is 3.66. The van der Waals surface area contributed by atoms with E-state index in [0.29, 0.717) is 6.54 Å². The van der Waals surface area contributed by atoms with Gasteiger partial charge in [0.25, 0.3) is 5.91 Å². The Morgan fingerprint density at radius 1 is 1.27 bits per heavy atom. The molecule has 0 saturated carbocycles. The normalized spacial score (nSPS) is 14.5. The van der Waals surface area contributed by atoms with Crippen LogP contribution in [0, 0.1) is 25.2 Å². The first-order valence-corrected chi connectivity index (χ1v) is 9.02. The molecule has 1 saturated heterocycles. The Kier molecular flexibility index (Phi) is 9.01. The number of nitrogens with one attached hydrogen (secondary N) is 1. The van der Waals surface area contributed by atoms with E-state index in [2.05, 4.69) is 54.1 Å². The third-order valence-electron chi connectivity index (χ3n) is 4.72. The first kappa shape index (κ1) is 21.9. The van der Waals surface area contributed by atoms with Crippen molar-refractivity contribution >= 4 is 24.0 Å². The van der Waals surface area contributed by atoms with Crippen molar-refractivity contribution in [3.05, 3.63) is 41.1 Å². The largest absolute Gasteiger partial charge is 0.373 e. The van der Waals surface area contributed by atoms with Crippen LogP contribution in [0.3, 0.4) is 0 Å². The van der Waals surface area contributed by atoms with Crippen LogP contribution in [0.1, 0.15) is 30.9 Å². The summed E-state index contributed by atoms with van der Waals surface area (Å²) in [6, 6.07) is 8.42. The van der Waals surface area contributed by atoms with Crippen molar-refractivity contribution in [3.8, 4) is 6.07 Å². The summed E-state index contributed by atoms with van der Waals surface area (Å²) in [4.78, 5) is 16.5. The summed E-state index contributed by atoms with van der Waals surface area (Å²) < 4.78 is 0. The predicted molar refractivity (Wildman–Crippen MR) is 109 cm³/mol. The smallest absolute Gasteiger partial charge is 0.263 e. The molecule has 1 aliphatic rings.